The van der Waals surface area contributed by atoms with Crippen LogP contribution in [0.4, 0.5) is 19.3 Å². The second kappa shape index (κ2) is 7.89. The largest absolute Gasteiger partial charge is 0.324 e. The molecular formula is C14H18F2N2OS2. The fourth-order valence-electron chi connectivity index (χ4n) is 2.31. The average molecular weight is 332 g/mol. The lowest BCUT2D eigenvalue weighted by atomic mass is 10.2. The fourth-order valence-corrected chi connectivity index (χ4v) is 3.55. The summed E-state index contributed by atoms with van der Waals surface area (Å²) in [7, 11) is 0. The molecule has 0 spiro atoms. The third-order valence-corrected chi connectivity index (χ3v) is 4.83. The zero-order valence-electron chi connectivity index (χ0n) is 11.7. The maximum atomic E-state index is 12.2. The summed E-state index contributed by atoms with van der Waals surface area (Å²) in [5.41, 5.74) is 0.631. The van der Waals surface area contributed by atoms with E-state index in [2.05, 4.69) is 11.6 Å². The average Bonchev–Trinajstić information content (AvgIpc) is 2.89. The Labute approximate surface area is 131 Å². The van der Waals surface area contributed by atoms with E-state index in [1.54, 1.807) is 36.0 Å². The Morgan fingerprint density at radius 2 is 2.14 bits per heavy atom. The van der Waals surface area contributed by atoms with Gasteiger partial charge in [-0.2, -0.15) is 20.5 Å². The molecule has 7 heteroatoms. The molecule has 0 radical (unpaired) electrons. The maximum Gasteiger partial charge on any atom is 0.321 e. The Morgan fingerprint density at radius 3 is 2.76 bits per heavy atom. The van der Waals surface area contributed by atoms with Gasteiger partial charge in [-0.1, -0.05) is 11.8 Å². The van der Waals surface area contributed by atoms with Crippen molar-refractivity contribution in [2.45, 2.75) is 17.1 Å². The quantitative estimate of drug-likeness (QED) is 0.820. The van der Waals surface area contributed by atoms with Crippen LogP contribution in [0.3, 0.4) is 0 Å². The maximum absolute atomic E-state index is 12.2. The molecule has 1 fully saturated rings. The van der Waals surface area contributed by atoms with Gasteiger partial charge >= 0.3 is 6.03 Å². The molecule has 2 rings (SSSR count). The van der Waals surface area contributed by atoms with Crippen LogP contribution in [0, 0.1) is 5.92 Å². The predicted octanol–water partition coefficient (Wildman–Crippen LogP) is 4.22. The summed E-state index contributed by atoms with van der Waals surface area (Å²) < 4.78 is 24.4. The molecule has 0 aliphatic carbocycles. The molecule has 116 valence electrons. The minimum absolute atomic E-state index is 0.118. The fraction of sp³-hybridized carbons (Fsp3) is 0.500. The lowest BCUT2D eigenvalue weighted by Gasteiger charge is -2.17. The summed E-state index contributed by atoms with van der Waals surface area (Å²) in [6.07, 6.45) is 3.11. The minimum atomic E-state index is -2.43. The van der Waals surface area contributed by atoms with Gasteiger partial charge in [-0.15, -0.1) is 0 Å². The molecule has 0 unspecified atom stereocenters. The molecule has 1 aliphatic rings. The van der Waals surface area contributed by atoms with E-state index in [-0.39, 0.29) is 6.03 Å². The Morgan fingerprint density at radius 1 is 1.43 bits per heavy atom. The Bertz CT molecular complexity index is 471. The molecule has 1 aromatic carbocycles. The second-order valence-corrected chi connectivity index (χ2v) is 6.86. The summed E-state index contributed by atoms with van der Waals surface area (Å²) in [6.45, 7) is 1.56. The molecule has 0 aromatic heterocycles. The van der Waals surface area contributed by atoms with Crippen LogP contribution in [-0.2, 0) is 0 Å². The number of carbonyl (C=O) groups excluding carboxylic acids is 1. The number of nitrogens with zero attached hydrogens (tertiary/aromatic N) is 1. The second-order valence-electron chi connectivity index (χ2n) is 4.89. The number of anilines is 1. The van der Waals surface area contributed by atoms with Crippen LogP contribution in [0.5, 0.6) is 0 Å². The molecule has 0 saturated carbocycles. The van der Waals surface area contributed by atoms with Crippen LogP contribution in [0.2, 0.25) is 0 Å². The smallest absolute Gasteiger partial charge is 0.321 e. The monoisotopic (exact) mass is 332 g/mol. The summed E-state index contributed by atoms with van der Waals surface area (Å²) in [5, 5.41) is 2.81. The van der Waals surface area contributed by atoms with Crippen molar-refractivity contribution < 1.29 is 13.6 Å². The minimum Gasteiger partial charge on any atom is -0.324 e. The van der Waals surface area contributed by atoms with E-state index in [0.29, 0.717) is 28.3 Å². The number of carbonyl (C=O) groups is 1. The van der Waals surface area contributed by atoms with Gasteiger partial charge in [-0.3, -0.25) is 0 Å². The van der Waals surface area contributed by atoms with Crippen molar-refractivity contribution in [1.82, 2.24) is 4.90 Å². The molecule has 1 N–H and O–H groups in total. The van der Waals surface area contributed by atoms with E-state index in [9.17, 15) is 13.6 Å². The summed E-state index contributed by atoms with van der Waals surface area (Å²) in [6, 6.07) is 6.36. The summed E-state index contributed by atoms with van der Waals surface area (Å²) in [4.78, 5) is 14.4. The first-order valence-electron chi connectivity index (χ1n) is 6.68. The first-order chi connectivity index (χ1) is 10.1. The third-order valence-electron chi connectivity index (χ3n) is 3.31. The first kappa shape index (κ1) is 16.4. The Hall–Kier alpha value is -0.950. The lowest BCUT2D eigenvalue weighted by molar-refractivity contribution is 0.221. The van der Waals surface area contributed by atoms with Gasteiger partial charge in [0.05, 0.1) is 0 Å². The summed E-state index contributed by atoms with van der Waals surface area (Å²) in [5.74, 6) is -0.789. The highest BCUT2D eigenvalue weighted by atomic mass is 32.2. The zero-order valence-corrected chi connectivity index (χ0v) is 13.4. The number of urea groups is 1. The Balaban J connectivity index is 1.85. The van der Waals surface area contributed by atoms with E-state index < -0.39 is 5.76 Å². The van der Waals surface area contributed by atoms with Gasteiger partial charge in [0.25, 0.3) is 5.76 Å². The molecular weight excluding hydrogens is 314 g/mol. The van der Waals surface area contributed by atoms with Crippen LogP contribution in [0.15, 0.2) is 29.2 Å². The van der Waals surface area contributed by atoms with Crippen LogP contribution in [0.1, 0.15) is 6.42 Å². The predicted molar refractivity (Wildman–Crippen MR) is 85.4 cm³/mol. The van der Waals surface area contributed by atoms with Gasteiger partial charge in [0.15, 0.2) is 0 Å². The molecule has 1 saturated heterocycles. The molecule has 21 heavy (non-hydrogen) atoms. The zero-order chi connectivity index (χ0) is 15.2. The number of benzene rings is 1. The van der Waals surface area contributed by atoms with Crippen molar-refractivity contribution in [3.8, 4) is 0 Å². The molecule has 1 heterocycles. The number of hydrogen-bond donors (Lipinski definition) is 1. The van der Waals surface area contributed by atoms with Crippen LogP contribution < -0.4 is 5.32 Å². The molecule has 2 amide bonds. The van der Waals surface area contributed by atoms with Gasteiger partial charge < -0.3 is 10.2 Å². The van der Waals surface area contributed by atoms with Gasteiger partial charge in [-0.05, 0) is 48.6 Å². The van der Waals surface area contributed by atoms with Crippen molar-refractivity contribution in [3.05, 3.63) is 24.3 Å². The number of thioether (sulfide) groups is 2. The highest BCUT2D eigenvalue weighted by Crippen LogP contribution is 2.26. The van der Waals surface area contributed by atoms with E-state index in [1.807, 2.05) is 4.90 Å². The topological polar surface area (TPSA) is 32.3 Å². The van der Waals surface area contributed by atoms with E-state index >= 15 is 0 Å². The molecule has 0 bridgehead atoms. The number of rotatable bonds is 5. The van der Waals surface area contributed by atoms with Crippen LogP contribution in [-0.4, -0.2) is 41.8 Å². The Kier molecular flexibility index (Phi) is 6.17. The number of halogens is 2. The number of amides is 2. The number of likely N-dealkylation sites (tertiary alicyclic amines) is 1. The van der Waals surface area contributed by atoms with Gasteiger partial charge in [0.2, 0.25) is 0 Å². The van der Waals surface area contributed by atoms with Crippen LogP contribution in [0.25, 0.3) is 0 Å². The van der Waals surface area contributed by atoms with Crippen molar-refractivity contribution in [2.24, 2.45) is 5.92 Å². The van der Waals surface area contributed by atoms with E-state index in [4.69, 9.17) is 0 Å². The normalized spacial score (nSPS) is 18.3. The van der Waals surface area contributed by atoms with Gasteiger partial charge in [-0.25, -0.2) is 4.79 Å². The van der Waals surface area contributed by atoms with Crippen molar-refractivity contribution >= 4 is 35.2 Å². The molecule has 1 atom stereocenters. The third kappa shape index (κ3) is 5.07. The molecule has 1 aromatic rings. The number of alkyl halides is 2. The van der Waals surface area contributed by atoms with E-state index in [1.165, 1.54) is 0 Å². The molecule has 1 aliphatic heterocycles. The van der Waals surface area contributed by atoms with Gasteiger partial charge in [0.1, 0.15) is 0 Å². The SMILES string of the molecule is CSC[C@H]1CCN(C(=O)Nc2ccc(SC(F)F)cc2)C1. The standard InChI is InChI=1S/C14H18F2N2OS2/c1-20-9-10-6-7-18(8-10)14(19)17-11-2-4-12(5-3-11)21-13(15)16/h2-5,10,13H,6-9H2,1H3,(H,17,19)/t10-/m0/s1. The first-order valence-corrected chi connectivity index (χ1v) is 8.95. The lowest BCUT2D eigenvalue weighted by Crippen LogP contribution is -2.33. The number of hydrogen-bond acceptors (Lipinski definition) is 3. The van der Waals surface area contributed by atoms with Crippen molar-refractivity contribution in [1.29, 1.82) is 0 Å². The highest BCUT2D eigenvalue weighted by molar-refractivity contribution is 7.99. The summed E-state index contributed by atoms with van der Waals surface area (Å²) >= 11 is 2.30. The highest BCUT2D eigenvalue weighted by Gasteiger charge is 2.25. The van der Waals surface area contributed by atoms with Gasteiger partial charge in [0, 0.05) is 23.7 Å². The van der Waals surface area contributed by atoms with Crippen molar-refractivity contribution in [3.63, 3.8) is 0 Å². The van der Waals surface area contributed by atoms with Crippen LogP contribution >= 0.6 is 23.5 Å². The van der Waals surface area contributed by atoms with E-state index in [0.717, 1.165) is 25.3 Å². The number of nitrogens with one attached hydrogen (secondary N) is 1. The molecule has 3 nitrogen and oxygen atoms in total. The van der Waals surface area contributed by atoms with Crippen molar-refractivity contribution in [2.75, 3.05) is 30.4 Å².